The molecule has 1 aromatic carbocycles. The highest BCUT2D eigenvalue weighted by molar-refractivity contribution is 9.10. The average Bonchev–Trinajstić information content (AvgIpc) is 2.23. The van der Waals surface area contributed by atoms with Gasteiger partial charge in [-0.25, -0.2) is 0 Å². The minimum absolute atomic E-state index is 0.00574. The van der Waals surface area contributed by atoms with Gasteiger partial charge in [-0.3, -0.25) is 0 Å². The van der Waals surface area contributed by atoms with Crippen LogP contribution >= 0.6 is 15.9 Å². The third-order valence-corrected chi connectivity index (χ3v) is 3.96. The molecule has 1 aromatic rings. The molecule has 0 aliphatic heterocycles. The van der Waals surface area contributed by atoms with E-state index >= 15 is 0 Å². The van der Waals surface area contributed by atoms with E-state index in [9.17, 15) is 0 Å². The van der Waals surface area contributed by atoms with Crippen LogP contribution in [0.2, 0.25) is 0 Å². The minimum Gasteiger partial charge on any atom is -0.493 e. The second kappa shape index (κ2) is 5.87. The monoisotopic (exact) mass is 297 g/mol. The molecule has 0 saturated heterocycles. The van der Waals surface area contributed by atoms with Crippen molar-refractivity contribution < 1.29 is 4.74 Å². The Morgan fingerprint density at radius 1 is 1.47 bits per heavy atom. The first kappa shape index (κ1) is 12.9. The van der Waals surface area contributed by atoms with Gasteiger partial charge in [-0.15, -0.1) is 0 Å². The maximum atomic E-state index is 5.95. The Kier molecular flexibility index (Phi) is 4.46. The van der Waals surface area contributed by atoms with Crippen LogP contribution in [-0.4, -0.2) is 6.61 Å². The molecule has 1 atom stereocenters. The molecule has 0 heterocycles. The lowest BCUT2D eigenvalue weighted by atomic mass is 9.83. The molecule has 1 fully saturated rings. The summed E-state index contributed by atoms with van der Waals surface area (Å²) in [6, 6.07) is 6.06. The van der Waals surface area contributed by atoms with Gasteiger partial charge in [0.15, 0.2) is 0 Å². The first-order chi connectivity index (χ1) is 8.16. The Hall–Kier alpha value is -0.540. The summed E-state index contributed by atoms with van der Waals surface area (Å²) in [6.07, 6.45) is 5.33. The predicted molar refractivity (Wildman–Crippen MR) is 74.2 cm³/mol. The van der Waals surface area contributed by atoms with Gasteiger partial charge in [0.25, 0.3) is 0 Å². The van der Waals surface area contributed by atoms with Crippen molar-refractivity contribution in [2.24, 2.45) is 11.7 Å². The summed E-state index contributed by atoms with van der Waals surface area (Å²) < 4.78 is 6.91. The van der Waals surface area contributed by atoms with Crippen molar-refractivity contribution in [1.29, 1.82) is 0 Å². The summed E-state index contributed by atoms with van der Waals surface area (Å²) in [4.78, 5) is 0. The fourth-order valence-corrected chi connectivity index (χ4v) is 2.50. The van der Waals surface area contributed by atoms with Crippen molar-refractivity contribution >= 4 is 15.9 Å². The molecule has 0 spiro atoms. The standard InChI is InChI=1S/C14H20BrNO/c1-10(16)13-9-12(15)5-6-14(13)17-8-7-11-3-2-4-11/h5-6,9-11H,2-4,7-8,16H2,1H3. The van der Waals surface area contributed by atoms with Gasteiger partial charge < -0.3 is 10.5 Å². The quantitative estimate of drug-likeness (QED) is 0.890. The summed E-state index contributed by atoms with van der Waals surface area (Å²) in [6.45, 7) is 2.80. The molecule has 3 heteroatoms. The number of hydrogen-bond acceptors (Lipinski definition) is 2. The molecule has 0 amide bonds. The molecule has 2 N–H and O–H groups in total. The zero-order valence-corrected chi connectivity index (χ0v) is 11.9. The molecular formula is C14H20BrNO. The van der Waals surface area contributed by atoms with Gasteiger partial charge in [-0.2, -0.15) is 0 Å². The molecule has 2 nitrogen and oxygen atoms in total. The van der Waals surface area contributed by atoms with E-state index in [1.807, 2.05) is 25.1 Å². The summed E-state index contributed by atoms with van der Waals surface area (Å²) in [5.74, 6) is 1.83. The zero-order chi connectivity index (χ0) is 12.3. The molecule has 1 unspecified atom stereocenters. The van der Waals surface area contributed by atoms with E-state index in [1.54, 1.807) is 0 Å². The van der Waals surface area contributed by atoms with Gasteiger partial charge in [0.1, 0.15) is 5.75 Å². The van der Waals surface area contributed by atoms with E-state index in [1.165, 1.54) is 25.7 Å². The number of rotatable bonds is 5. The average molecular weight is 298 g/mol. The Morgan fingerprint density at radius 2 is 2.24 bits per heavy atom. The number of halogens is 1. The lowest BCUT2D eigenvalue weighted by Crippen LogP contribution is -2.15. The van der Waals surface area contributed by atoms with Gasteiger partial charge in [-0.1, -0.05) is 35.2 Å². The summed E-state index contributed by atoms with van der Waals surface area (Å²) >= 11 is 3.47. The van der Waals surface area contributed by atoms with Crippen LogP contribution in [0.4, 0.5) is 0 Å². The van der Waals surface area contributed by atoms with E-state index in [2.05, 4.69) is 15.9 Å². The Balaban J connectivity index is 1.93. The van der Waals surface area contributed by atoms with Crippen molar-refractivity contribution in [2.45, 2.75) is 38.6 Å². The van der Waals surface area contributed by atoms with Crippen LogP contribution in [0.15, 0.2) is 22.7 Å². The third-order valence-electron chi connectivity index (χ3n) is 3.47. The minimum atomic E-state index is 0.00574. The lowest BCUT2D eigenvalue weighted by Gasteiger charge is -2.25. The van der Waals surface area contributed by atoms with Crippen molar-refractivity contribution in [3.63, 3.8) is 0 Å². The Bertz CT molecular complexity index is 374. The number of ether oxygens (including phenoxy) is 1. The van der Waals surface area contributed by atoms with Crippen LogP contribution in [0, 0.1) is 5.92 Å². The number of benzene rings is 1. The molecule has 0 aromatic heterocycles. The van der Waals surface area contributed by atoms with Crippen LogP contribution in [0.25, 0.3) is 0 Å². The molecule has 1 aliphatic carbocycles. The first-order valence-corrected chi connectivity index (χ1v) is 7.14. The summed E-state index contributed by atoms with van der Waals surface area (Å²) in [7, 11) is 0. The largest absolute Gasteiger partial charge is 0.493 e. The van der Waals surface area contributed by atoms with Gasteiger partial charge in [0.2, 0.25) is 0 Å². The SMILES string of the molecule is CC(N)c1cc(Br)ccc1OCCC1CCC1. The molecular weight excluding hydrogens is 278 g/mol. The highest BCUT2D eigenvalue weighted by Gasteiger charge is 2.17. The van der Waals surface area contributed by atoms with Crippen molar-refractivity contribution in [2.75, 3.05) is 6.61 Å². The maximum Gasteiger partial charge on any atom is 0.124 e. The summed E-state index contributed by atoms with van der Waals surface area (Å²) in [5, 5.41) is 0. The highest BCUT2D eigenvalue weighted by atomic mass is 79.9. The molecule has 17 heavy (non-hydrogen) atoms. The molecule has 1 saturated carbocycles. The molecule has 2 rings (SSSR count). The maximum absolute atomic E-state index is 5.95. The van der Waals surface area contributed by atoms with Crippen LogP contribution in [0.3, 0.4) is 0 Å². The van der Waals surface area contributed by atoms with Gasteiger partial charge >= 0.3 is 0 Å². The second-order valence-corrected chi connectivity index (χ2v) is 5.82. The molecule has 0 bridgehead atoms. The van der Waals surface area contributed by atoms with Crippen LogP contribution < -0.4 is 10.5 Å². The van der Waals surface area contributed by atoms with Crippen molar-refractivity contribution in [3.8, 4) is 5.75 Å². The normalized spacial score (nSPS) is 17.6. The third kappa shape index (κ3) is 3.46. The van der Waals surface area contributed by atoms with Crippen molar-refractivity contribution in [3.05, 3.63) is 28.2 Å². The Morgan fingerprint density at radius 3 is 2.82 bits per heavy atom. The number of hydrogen-bond donors (Lipinski definition) is 1. The number of nitrogens with two attached hydrogens (primary N) is 1. The fourth-order valence-electron chi connectivity index (χ4n) is 2.12. The van der Waals surface area contributed by atoms with Gasteiger partial charge in [0.05, 0.1) is 6.61 Å². The van der Waals surface area contributed by atoms with Crippen molar-refractivity contribution in [1.82, 2.24) is 0 Å². The molecule has 1 aliphatic rings. The highest BCUT2D eigenvalue weighted by Crippen LogP contribution is 2.31. The zero-order valence-electron chi connectivity index (χ0n) is 10.3. The van der Waals surface area contributed by atoms with E-state index in [-0.39, 0.29) is 6.04 Å². The van der Waals surface area contributed by atoms with Gasteiger partial charge in [0, 0.05) is 16.1 Å². The smallest absolute Gasteiger partial charge is 0.124 e. The van der Waals surface area contributed by atoms with E-state index in [0.717, 1.165) is 28.3 Å². The lowest BCUT2D eigenvalue weighted by molar-refractivity contribution is 0.220. The molecule has 0 radical (unpaired) electrons. The van der Waals surface area contributed by atoms with E-state index < -0.39 is 0 Å². The Labute approximate surface area is 112 Å². The predicted octanol–water partition coefficient (Wildman–Crippen LogP) is 4.04. The van der Waals surface area contributed by atoms with E-state index in [0.29, 0.717) is 0 Å². The van der Waals surface area contributed by atoms with Crippen LogP contribution in [0.5, 0.6) is 5.75 Å². The topological polar surface area (TPSA) is 35.2 Å². The van der Waals surface area contributed by atoms with E-state index in [4.69, 9.17) is 10.5 Å². The van der Waals surface area contributed by atoms with Crippen LogP contribution in [-0.2, 0) is 0 Å². The fraction of sp³-hybridized carbons (Fsp3) is 0.571. The van der Waals surface area contributed by atoms with Crippen LogP contribution in [0.1, 0.15) is 44.2 Å². The second-order valence-electron chi connectivity index (χ2n) is 4.90. The molecule has 94 valence electrons. The first-order valence-electron chi connectivity index (χ1n) is 6.34. The summed E-state index contributed by atoms with van der Waals surface area (Å²) in [5.41, 5.74) is 7.03. The van der Waals surface area contributed by atoms with Gasteiger partial charge in [-0.05, 0) is 37.5 Å².